The molecule has 8 nitrogen and oxygen atoms in total. The third kappa shape index (κ3) is 7.59. The number of nitrogens with one attached hydrogen (secondary N) is 2. The molecule has 0 aliphatic rings. The molecule has 0 atom stereocenters. The minimum Gasteiger partial charge on any atom is -0.462 e. The molecule has 32 heavy (non-hydrogen) atoms. The number of amides is 2. The van der Waals surface area contributed by atoms with Gasteiger partial charge in [-0.25, -0.2) is 4.79 Å². The molecule has 2 rings (SSSR count). The maximum absolute atomic E-state index is 12.6. The number of nitrogens with zero attached hydrogens (tertiary/aromatic N) is 1. The fourth-order valence-corrected chi connectivity index (χ4v) is 4.15. The monoisotopic (exact) mass is 481 g/mol. The fraction of sp³-hybridized carbons (Fsp3) is 0.409. The average Bonchev–Trinajstić information content (AvgIpc) is 3.14. The molecule has 0 saturated heterocycles. The van der Waals surface area contributed by atoms with Gasteiger partial charge in [0.1, 0.15) is 10.6 Å². The van der Waals surface area contributed by atoms with Gasteiger partial charge in [-0.3, -0.25) is 14.5 Å². The molecule has 0 fully saturated rings. The molecule has 174 valence electrons. The van der Waals surface area contributed by atoms with Gasteiger partial charge in [0.25, 0.3) is 0 Å². The van der Waals surface area contributed by atoms with E-state index in [1.165, 1.54) is 11.3 Å². The molecule has 0 radical (unpaired) electrons. The fourth-order valence-electron chi connectivity index (χ4n) is 2.95. The SMILES string of the molecule is CCOC(=O)c1c(-c2ccccc2Cl)csc1NC(=O)CN(C)CC(=O)NCCCOC. The van der Waals surface area contributed by atoms with Gasteiger partial charge in [-0.05, 0) is 26.5 Å². The van der Waals surface area contributed by atoms with E-state index in [1.807, 2.05) is 6.07 Å². The predicted molar refractivity (Wildman–Crippen MR) is 126 cm³/mol. The van der Waals surface area contributed by atoms with Crippen molar-refractivity contribution in [2.75, 3.05) is 52.3 Å². The van der Waals surface area contributed by atoms with E-state index in [9.17, 15) is 14.4 Å². The number of thiophene rings is 1. The summed E-state index contributed by atoms with van der Waals surface area (Å²) in [5, 5.41) is 8.17. The number of halogens is 1. The van der Waals surface area contributed by atoms with Crippen LogP contribution >= 0.6 is 22.9 Å². The quantitative estimate of drug-likeness (QED) is 0.357. The van der Waals surface area contributed by atoms with Crippen LogP contribution in [-0.2, 0) is 19.1 Å². The standard InChI is InChI=1S/C22H28ClN3O5S/c1-4-31-22(29)20-16(15-8-5-6-9-17(15)23)14-32-21(20)25-19(28)13-26(2)12-18(27)24-10-7-11-30-3/h5-6,8-9,14H,4,7,10-13H2,1-3H3,(H,24,27)(H,25,28). The van der Waals surface area contributed by atoms with Crippen molar-refractivity contribution in [2.45, 2.75) is 13.3 Å². The lowest BCUT2D eigenvalue weighted by molar-refractivity contribution is -0.123. The Hall–Kier alpha value is -2.46. The summed E-state index contributed by atoms with van der Waals surface area (Å²) in [4.78, 5) is 38.8. The highest BCUT2D eigenvalue weighted by Gasteiger charge is 2.24. The second kappa shape index (κ2) is 13.2. The van der Waals surface area contributed by atoms with Crippen LogP contribution in [0.25, 0.3) is 11.1 Å². The van der Waals surface area contributed by atoms with Crippen LogP contribution in [0.5, 0.6) is 0 Å². The van der Waals surface area contributed by atoms with E-state index in [1.54, 1.807) is 49.6 Å². The number of hydrogen-bond donors (Lipinski definition) is 2. The minimum absolute atomic E-state index is 0.0208. The normalized spacial score (nSPS) is 10.8. The highest BCUT2D eigenvalue weighted by Crippen LogP contribution is 2.39. The van der Waals surface area contributed by atoms with Crippen LogP contribution in [0.1, 0.15) is 23.7 Å². The zero-order valence-corrected chi connectivity index (χ0v) is 20.0. The molecule has 0 spiro atoms. The van der Waals surface area contributed by atoms with Crippen LogP contribution in [0.15, 0.2) is 29.6 Å². The van der Waals surface area contributed by atoms with Gasteiger partial charge in [0.2, 0.25) is 11.8 Å². The molecular formula is C22H28ClN3O5S. The summed E-state index contributed by atoms with van der Waals surface area (Å²) in [5.41, 5.74) is 1.53. The van der Waals surface area contributed by atoms with Crippen LogP contribution in [0.4, 0.5) is 5.00 Å². The number of rotatable bonds is 12. The maximum atomic E-state index is 12.6. The van der Waals surface area contributed by atoms with Crippen molar-refractivity contribution < 1.29 is 23.9 Å². The van der Waals surface area contributed by atoms with Gasteiger partial charge in [-0.2, -0.15) is 0 Å². The molecule has 2 aromatic rings. The van der Waals surface area contributed by atoms with E-state index >= 15 is 0 Å². The number of carbonyl (C=O) groups excluding carboxylic acids is 3. The largest absolute Gasteiger partial charge is 0.462 e. The van der Waals surface area contributed by atoms with Crippen molar-refractivity contribution in [3.05, 3.63) is 40.2 Å². The summed E-state index contributed by atoms with van der Waals surface area (Å²) in [6, 6.07) is 7.16. The molecule has 0 bridgehead atoms. The highest BCUT2D eigenvalue weighted by atomic mass is 35.5. The first-order valence-corrected chi connectivity index (χ1v) is 11.4. The van der Waals surface area contributed by atoms with Gasteiger partial charge in [0, 0.05) is 41.8 Å². The van der Waals surface area contributed by atoms with E-state index in [-0.39, 0.29) is 37.1 Å². The Labute approximate surface area is 196 Å². The van der Waals surface area contributed by atoms with Crippen LogP contribution in [0.3, 0.4) is 0 Å². The van der Waals surface area contributed by atoms with Crippen molar-refractivity contribution in [1.29, 1.82) is 0 Å². The lowest BCUT2D eigenvalue weighted by Gasteiger charge is -2.16. The zero-order chi connectivity index (χ0) is 23.5. The molecule has 0 aliphatic carbocycles. The Morgan fingerprint density at radius 3 is 2.53 bits per heavy atom. The Balaban J connectivity index is 2.06. The first kappa shape index (κ1) is 25.8. The molecule has 2 N–H and O–H groups in total. The topological polar surface area (TPSA) is 97.0 Å². The molecule has 1 aromatic carbocycles. The second-order valence-corrected chi connectivity index (χ2v) is 8.26. The summed E-state index contributed by atoms with van der Waals surface area (Å²) in [6.07, 6.45) is 0.717. The first-order chi connectivity index (χ1) is 15.4. The number of ether oxygens (including phenoxy) is 2. The predicted octanol–water partition coefficient (Wildman–Crippen LogP) is 3.27. The van der Waals surface area contributed by atoms with Gasteiger partial charge >= 0.3 is 5.97 Å². The lowest BCUT2D eigenvalue weighted by Crippen LogP contribution is -2.39. The molecule has 2 amide bonds. The van der Waals surface area contributed by atoms with E-state index in [4.69, 9.17) is 21.1 Å². The van der Waals surface area contributed by atoms with E-state index in [0.29, 0.717) is 34.3 Å². The second-order valence-electron chi connectivity index (χ2n) is 6.97. The lowest BCUT2D eigenvalue weighted by atomic mass is 10.0. The summed E-state index contributed by atoms with van der Waals surface area (Å²) in [5.74, 6) is -1.07. The van der Waals surface area contributed by atoms with Gasteiger partial charge < -0.3 is 20.1 Å². The van der Waals surface area contributed by atoms with Crippen LogP contribution in [0.2, 0.25) is 5.02 Å². The molecule has 0 saturated carbocycles. The summed E-state index contributed by atoms with van der Waals surface area (Å²) >= 11 is 7.53. The van der Waals surface area contributed by atoms with Crippen LogP contribution < -0.4 is 10.6 Å². The number of likely N-dealkylation sites (N-methyl/N-ethyl adjacent to an activating group) is 1. The average molecular weight is 482 g/mol. The van der Waals surface area contributed by atoms with Gasteiger partial charge in [-0.15, -0.1) is 11.3 Å². The number of esters is 1. The molecular weight excluding hydrogens is 454 g/mol. The minimum atomic E-state index is -0.539. The number of hydrogen-bond acceptors (Lipinski definition) is 7. The van der Waals surface area contributed by atoms with Crippen LogP contribution in [-0.4, -0.2) is 69.7 Å². The number of benzene rings is 1. The van der Waals surface area contributed by atoms with E-state index in [0.717, 1.165) is 6.42 Å². The van der Waals surface area contributed by atoms with Crippen molar-refractivity contribution in [2.24, 2.45) is 0 Å². The highest BCUT2D eigenvalue weighted by molar-refractivity contribution is 7.15. The van der Waals surface area contributed by atoms with Gasteiger partial charge in [0.15, 0.2) is 0 Å². The Morgan fingerprint density at radius 2 is 1.84 bits per heavy atom. The zero-order valence-electron chi connectivity index (χ0n) is 18.4. The number of carbonyl (C=O) groups is 3. The summed E-state index contributed by atoms with van der Waals surface area (Å²) in [7, 11) is 3.27. The molecule has 0 aliphatic heterocycles. The van der Waals surface area contributed by atoms with Gasteiger partial charge in [-0.1, -0.05) is 29.8 Å². The van der Waals surface area contributed by atoms with Crippen molar-refractivity contribution in [3.63, 3.8) is 0 Å². The Bertz CT molecular complexity index is 934. The van der Waals surface area contributed by atoms with Crippen LogP contribution in [0, 0.1) is 0 Å². The molecule has 10 heteroatoms. The Kier molecular flexibility index (Phi) is 10.6. The van der Waals surface area contributed by atoms with E-state index in [2.05, 4.69) is 10.6 Å². The smallest absolute Gasteiger partial charge is 0.341 e. The first-order valence-electron chi connectivity index (χ1n) is 10.1. The third-order valence-electron chi connectivity index (χ3n) is 4.36. The Morgan fingerprint density at radius 1 is 1.12 bits per heavy atom. The number of methoxy groups -OCH3 is 1. The van der Waals surface area contributed by atoms with Crippen molar-refractivity contribution in [3.8, 4) is 11.1 Å². The summed E-state index contributed by atoms with van der Waals surface area (Å²) in [6.45, 7) is 3.04. The van der Waals surface area contributed by atoms with Crippen molar-refractivity contribution in [1.82, 2.24) is 10.2 Å². The van der Waals surface area contributed by atoms with Crippen molar-refractivity contribution >= 4 is 45.7 Å². The molecule has 1 heterocycles. The van der Waals surface area contributed by atoms with E-state index < -0.39 is 5.97 Å². The molecule has 0 unspecified atom stereocenters. The summed E-state index contributed by atoms with van der Waals surface area (Å²) < 4.78 is 10.1. The maximum Gasteiger partial charge on any atom is 0.341 e. The third-order valence-corrected chi connectivity index (χ3v) is 5.59. The number of anilines is 1. The van der Waals surface area contributed by atoms with Gasteiger partial charge in [0.05, 0.1) is 19.7 Å². The molecule has 1 aromatic heterocycles.